The number of hydrogen-bond acceptors (Lipinski definition) is 4. The normalized spacial score (nSPS) is 12.8. The summed E-state index contributed by atoms with van der Waals surface area (Å²) in [6.07, 6.45) is 4.85. The van der Waals surface area contributed by atoms with E-state index in [1.54, 1.807) is 6.26 Å². The molecule has 1 aromatic rings. The minimum absolute atomic E-state index is 0.399. The van der Waals surface area contributed by atoms with E-state index in [9.17, 15) is 0 Å². The number of thioether (sulfide) groups is 1. The van der Waals surface area contributed by atoms with Crippen molar-refractivity contribution in [2.75, 3.05) is 24.0 Å². The molecular formula is C10H17ClN2OS. The standard InChI is InChI=1S/C10H17ClN2OS/c1-8(4-5-15-3)13(2)10-12-9(6-11)7-14-10/h7-8H,4-6H2,1-3H3. The fourth-order valence-electron chi connectivity index (χ4n) is 1.19. The Bertz CT molecular complexity index is 293. The fourth-order valence-corrected chi connectivity index (χ4v) is 1.89. The quantitative estimate of drug-likeness (QED) is 0.724. The summed E-state index contributed by atoms with van der Waals surface area (Å²) in [4.78, 5) is 6.33. The van der Waals surface area contributed by atoms with Crippen molar-refractivity contribution in [2.24, 2.45) is 0 Å². The monoisotopic (exact) mass is 248 g/mol. The Hall–Kier alpha value is -0.350. The summed E-state index contributed by atoms with van der Waals surface area (Å²) >= 11 is 7.52. The van der Waals surface area contributed by atoms with Crippen molar-refractivity contribution in [1.82, 2.24) is 4.98 Å². The van der Waals surface area contributed by atoms with Crippen molar-refractivity contribution in [3.63, 3.8) is 0 Å². The molecule has 0 saturated heterocycles. The van der Waals surface area contributed by atoms with E-state index in [-0.39, 0.29) is 0 Å². The highest BCUT2D eigenvalue weighted by atomic mass is 35.5. The van der Waals surface area contributed by atoms with E-state index in [0.29, 0.717) is 17.9 Å². The van der Waals surface area contributed by atoms with Gasteiger partial charge in [-0.1, -0.05) is 0 Å². The molecule has 0 fully saturated rings. The smallest absolute Gasteiger partial charge is 0.297 e. The molecule has 0 saturated carbocycles. The molecule has 0 aliphatic carbocycles. The van der Waals surface area contributed by atoms with Crippen LogP contribution in [0.3, 0.4) is 0 Å². The molecule has 5 heteroatoms. The Balaban J connectivity index is 2.54. The minimum Gasteiger partial charge on any atom is -0.432 e. The summed E-state index contributed by atoms with van der Waals surface area (Å²) in [5.74, 6) is 1.55. The van der Waals surface area contributed by atoms with E-state index in [1.165, 1.54) is 0 Å². The van der Waals surface area contributed by atoms with Gasteiger partial charge in [0.1, 0.15) is 6.26 Å². The lowest BCUT2D eigenvalue weighted by Crippen LogP contribution is -2.29. The van der Waals surface area contributed by atoms with Crippen LogP contribution in [0.25, 0.3) is 0 Å². The zero-order chi connectivity index (χ0) is 11.3. The van der Waals surface area contributed by atoms with Crippen LogP contribution in [0, 0.1) is 0 Å². The summed E-state index contributed by atoms with van der Waals surface area (Å²) in [5, 5.41) is 0. The van der Waals surface area contributed by atoms with E-state index in [4.69, 9.17) is 16.0 Å². The minimum atomic E-state index is 0.399. The third-order valence-electron chi connectivity index (χ3n) is 2.38. The molecule has 0 N–H and O–H groups in total. The molecule has 1 heterocycles. The maximum atomic E-state index is 5.66. The van der Waals surface area contributed by atoms with Crippen LogP contribution < -0.4 is 4.90 Å². The van der Waals surface area contributed by atoms with Crippen molar-refractivity contribution in [1.29, 1.82) is 0 Å². The first-order valence-corrected chi connectivity index (χ1v) is 6.84. The number of anilines is 1. The molecule has 0 aliphatic rings. The van der Waals surface area contributed by atoms with Gasteiger partial charge in [0.2, 0.25) is 0 Å². The van der Waals surface area contributed by atoms with Gasteiger partial charge in [-0.15, -0.1) is 11.6 Å². The number of hydrogen-bond donors (Lipinski definition) is 0. The van der Waals surface area contributed by atoms with Gasteiger partial charge >= 0.3 is 0 Å². The van der Waals surface area contributed by atoms with Crippen molar-refractivity contribution < 1.29 is 4.42 Å². The Morgan fingerprint density at radius 3 is 2.93 bits per heavy atom. The van der Waals surface area contributed by atoms with Crippen molar-refractivity contribution in [2.45, 2.75) is 25.3 Å². The summed E-state index contributed by atoms with van der Waals surface area (Å²) in [6.45, 7) is 2.17. The highest BCUT2D eigenvalue weighted by molar-refractivity contribution is 7.98. The number of aromatic nitrogens is 1. The molecule has 1 unspecified atom stereocenters. The Morgan fingerprint density at radius 1 is 1.67 bits per heavy atom. The summed E-state index contributed by atoms with van der Waals surface area (Å²) in [5.41, 5.74) is 0.788. The van der Waals surface area contributed by atoms with Crippen molar-refractivity contribution >= 4 is 29.4 Å². The Labute approximate surface area is 100 Å². The number of rotatable bonds is 6. The van der Waals surface area contributed by atoms with Crippen molar-refractivity contribution in [3.8, 4) is 0 Å². The van der Waals surface area contributed by atoms with Crippen LogP contribution in [-0.2, 0) is 5.88 Å². The Morgan fingerprint density at radius 2 is 2.40 bits per heavy atom. The van der Waals surface area contributed by atoms with Crippen LogP contribution in [0.1, 0.15) is 19.0 Å². The topological polar surface area (TPSA) is 29.3 Å². The van der Waals surface area contributed by atoms with E-state index in [0.717, 1.165) is 17.9 Å². The molecule has 0 aromatic carbocycles. The van der Waals surface area contributed by atoms with Crippen molar-refractivity contribution in [3.05, 3.63) is 12.0 Å². The maximum absolute atomic E-state index is 5.66. The first-order valence-electron chi connectivity index (χ1n) is 4.91. The van der Waals surface area contributed by atoms with Gasteiger partial charge in [0.05, 0.1) is 11.6 Å². The van der Waals surface area contributed by atoms with Crippen LogP contribution in [0.4, 0.5) is 6.01 Å². The number of alkyl halides is 1. The zero-order valence-corrected chi connectivity index (χ0v) is 10.9. The summed E-state index contributed by atoms with van der Waals surface area (Å²) in [6, 6.07) is 1.08. The van der Waals surface area contributed by atoms with Crippen LogP contribution in [-0.4, -0.2) is 30.1 Å². The SMILES string of the molecule is CSCCC(C)N(C)c1nc(CCl)co1. The van der Waals surface area contributed by atoms with E-state index in [2.05, 4.69) is 18.2 Å². The summed E-state index contributed by atoms with van der Waals surface area (Å²) < 4.78 is 5.34. The van der Waals surface area contributed by atoms with Gasteiger partial charge in [0, 0.05) is 13.1 Å². The highest BCUT2D eigenvalue weighted by Crippen LogP contribution is 2.17. The van der Waals surface area contributed by atoms with Gasteiger partial charge in [-0.25, -0.2) is 0 Å². The van der Waals surface area contributed by atoms with Gasteiger partial charge in [0.15, 0.2) is 0 Å². The molecule has 86 valence electrons. The van der Waals surface area contributed by atoms with Crippen LogP contribution in [0.2, 0.25) is 0 Å². The summed E-state index contributed by atoms with van der Waals surface area (Å²) in [7, 11) is 1.99. The largest absolute Gasteiger partial charge is 0.432 e. The second-order valence-corrected chi connectivity index (χ2v) is 4.75. The van der Waals surface area contributed by atoms with Gasteiger partial charge in [-0.2, -0.15) is 16.7 Å². The lowest BCUT2D eigenvalue weighted by molar-refractivity contribution is 0.517. The second-order valence-electron chi connectivity index (χ2n) is 3.50. The molecule has 0 bridgehead atoms. The molecule has 0 spiro atoms. The molecule has 0 aliphatic heterocycles. The molecule has 1 rings (SSSR count). The second kappa shape index (κ2) is 6.28. The average molecular weight is 249 g/mol. The van der Waals surface area contributed by atoms with Crippen LogP contribution >= 0.6 is 23.4 Å². The number of nitrogens with zero attached hydrogens (tertiary/aromatic N) is 2. The van der Waals surface area contributed by atoms with Crippen LogP contribution in [0.5, 0.6) is 0 Å². The maximum Gasteiger partial charge on any atom is 0.297 e. The first kappa shape index (κ1) is 12.7. The lowest BCUT2D eigenvalue weighted by atomic mass is 10.2. The average Bonchev–Trinajstić information content (AvgIpc) is 2.73. The number of halogens is 1. The van der Waals surface area contributed by atoms with Gasteiger partial charge in [-0.3, -0.25) is 0 Å². The van der Waals surface area contributed by atoms with Crippen LogP contribution in [0.15, 0.2) is 10.7 Å². The molecule has 1 atom stereocenters. The fraction of sp³-hybridized carbons (Fsp3) is 0.700. The van der Waals surface area contributed by atoms with Gasteiger partial charge in [0.25, 0.3) is 6.01 Å². The molecule has 1 aromatic heterocycles. The predicted octanol–water partition coefficient (Wildman–Crippen LogP) is 2.99. The van der Waals surface area contributed by atoms with Gasteiger partial charge < -0.3 is 9.32 Å². The third-order valence-corrected chi connectivity index (χ3v) is 3.30. The molecule has 3 nitrogen and oxygen atoms in total. The Kier molecular flexibility index (Phi) is 5.32. The molecule has 0 amide bonds. The third kappa shape index (κ3) is 3.61. The predicted molar refractivity (Wildman–Crippen MR) is 66.9 cm³/mol. The number of oxazole rings is 1. The highest BCUT2D eigenvalue weighted by Gasteiger charge is 2.14. The molecule has 0 radical (unpaired) electrons. The molecular weight excluding hydrogens is 232 g/mol. The van der Waals surface area contributed by atoms with Gasteiger partial charge in [-0.05, 0) is 25.4 Å². The zero-order valence-electron chi connectivity index (χ0n) is 9.36. The van der Waals surface area contributed by atoms with E-state index < -0.39 is 0 Å². The molecule has 15 heavy (non-hydrogen) atoms. The lowest BCUT2D eigenvalue weighted by Gasteiger charge is -2.22. The van der Waals surface area contributed by atoms with E-state index in [1.807, 2.05) is 23.7 Å². The van der Waals surface area contributed by atoms with E-state index >= 15 is 0 Å². The first-order chi connectivity index (χ1) is 7.19.